The van der Waals surface area contributed by atoms with Gasteiger partial charge in [0.2, 0.25) is 11.5 Å². The van der Waals surface area contributed by atoms with Gasteiger partial charge in [-0.2, -0.15) is 0 Å². The first-order valence-electron chi connectivity index (χ1n) is 9.00. The van der Waals surface area contributed by atoms with E-state index in [0.29, 0.717) is 38.5 Å². The zero-order valence-electron chi connectivity index (χ0n) is 14.3. The van der Waals surface area contributed by atoms with E-state index in [-0.39, 0.29) is 22.5 Å². The fraction of sp³-hybridized carbons (Fsp3) is 0.611. The minimum atomic E-state index is -0.392. The Morgan fingerprint density at radius 2 is 1.68 bits per heavy atom. The van der Waals surface area contributed by atoms with Gasteiger partial charge in [0.15, 0.2) is 0 Å². The Labute approximate surface area is 152 Å². The van der Waals surface area contributed by atoms with Crippen LogP contribution in [0.4, 0.5) is 0 Å². The normalized spacial score (nSPS) is 19.1. The van der Waals surface area contributed by atoms with Crippen molar-refractivity contribution in [1.82, 2.24) is 14.8 Å². The summed E-state index contributed by atoms with van der Waals surface area (Å²) in [4.78, 5) is 42.4. The maximum atomic E-state index is 12.5. The van der Waals surface area contributed by atoms with Crippen molar-refractivity contribution in [3.05, 3.63) is 33.2 Å². The number of H-pyrrole nitrogens is 1. The quantitative estimate of drug-likeness (QED) is 0.835. The third-order valence-electron chi connectivity index (χ3n) is 5.17. The van der Waals surface area contributed by atoms with Gasteiger partial charge in [0.25, 0.3) is 5.91 Å². The van der Waals surface area contributed by atoms with E-state index < -0.39 is 5.56 Å². The first-order valence-corrected chi connectivity index (χ1v) is 9.37. The minimum absolute atomic E-state index is 0.150. The Bertz CT molecular complexity index is 689. The summed E-state index contributed by atoms with van der Waals surface area (Å²) in [7, 11) is 0. The molecule has 0 radical (unpaired) electrons. The Kier molecular flexibility index (Phi) is 5.78. The smallest absolute Gasteiger partial charge is 0.254 e. The molecule has 1 saturated heterocycles. The number of carbonyl (C=O) groups is 2. The molecular formula is C18H24ClN3O3. The highest BCUT2D eigenvalue weighted by atomic mass is 35.5. The molecule has 1 aromatic rings. The van der Waals surface area contributed by atoms with Crippen molar-refractivity contribution in [3.8, 4) is 0 Å². The third-order valence-corrected chi connectivity index (χ3v) is 5.37. The molecule has 6 nitrogen and oxygen atoms in total. The molecule has 0 atom stereocenters. The number of amides is 2. The highest BCUT2D eigenvalue weighted by molar-refractivity contribution is 6.29. The first-order chi connectivity index (χ1) is 12.0. The van der Waals surface area contributed by atoms with Gasteiger partial charge in [0.1, 0.15) is 5.15 Å². The number of piperazine rings is 1. The van der Waals surface area contributed by atoms with Gasteiger partial charge in [-0.3, -0.25) is 14.4 Å². The number of pyridine rings is 1. The van der Waals surface area contributed by atoms with Gasteiger partial charge in [-0.15, -0.1) is 0 Å². The van der Waals surface area contributed by atoms with Gasteiger partial charge in [-0.05, 0) is 24.8 Å². The third kappa shape index (κ3) is 4.63. The van der Waals surface area contributed by atoms with E-state index in [2.05, 4.69) is 4.98 Å². The maximum Gasteiger partial charge on any atom is 0.254 e. The molecule has 1 aliphatic heterocycles. The van der Waals surface area contributed by atoms with Crippen LogP contribution in [0.2, 0.25) is 5.15 Å². The number of hydrogen-bond donors (Lipinski definition) is 1. The number of carbonyl (C=O) groups excluding carboxylic acids is 2. The van der Waals surface area contributed by atoms with Crippen LogP contribution in [0, 0.1) is 5.92 Å². The van der Waals surface area contributed by atoms with Crippen molar-refractivity contribution in [2.75, 3.05) is 26.2 Å². The minimum Gasteiger partial charge on any atom is -0.339 e. The van der Waals surface area contributed by atoms with Crippen LogP contribution < -0.4 is 5.56 Å². The molecule has 2 amide bonds. The second-order valence-corrected chi connectivity index (χ2v) is 7.37. The van der Waals surface area contributed by atoms with Crippen molar-refractivity contribution in [1.29, 1.82) is 0 Å². The number of nitrogens with one attached hydrogen (secondary N) is 1. The van der Waals surface area contributed by atoms with Gasteiger partial charge >= 0.3 is 0 Å². The van der Waals surface area contributed by atoms with E-state index >= 15 is 0 Å². The fourth-order valence-electron chi connectivity index (χ4n) is 3.74. The first kappa shape index (κ1) is 18.0. The monoisotopic (exact) mass is 365 g/mol. The molecule has 0 bridgehead atoms. The lowest BCUT2D eigenvalue weighted by Gasteiger charge is -2.35. The molecule has 1 aliphatic carbocycles. The molecule has 7 heteroatoms. The summed E-state index contributed by atoms with van der Waals surface area (Å²) in [6.45, 7) is 2.07. The van der Waals surface area contributed by atoms with Crippen LogP contribution in [0.25, 0.3) is 0 Å². The molecule has 2 fully saturated rings. The summed E-state index contributed by atoms with van der Waals surface area (Å²) in [5.41, 5.74) is -0.104. The fourth-order valence-corrected chi connectivity index (χ4v) is 3.95. The maximum absolute atomic E-state index is 12.5. The topological polar surface area (TPSA) is 73.5 Å². The van der Waals surface area contributed by atoms with Gasteiger partial charge in [0, 0.05) is 44.2 Å². The van der Waals surface area contributed by atoms with E-state index in [1.54, 1.807) is 4.90 Å². The second-order valence-electron chi connectivity index (χ2n) is 6.96. The van der Waals surface area contributed by atoms with E-state index in [1.807, 2.05) is 4.90 Å². The van der Waals surface area contributed by atoms with Crippen molar-refractivity contribution in [3.63, 3.8) is 0 Å². The van der Waals surface area contributed by atoms with E-state index in [0.717, 1.165) is 12.8 Å². The average Bonchev–Trinajstić information content (AvgIpc) is 2.61. The van der Waals surface area contributed by atoms with Gasteiger partial charge in [-0.25, -0.2) is 0 Å². The Hall–Kier alpha value is -1.82. The molecule has 3 rings (SSSR count). The van der Waals surface area contributed by atoms with E-state index in [4.69, 9.17) is 11.6 Å². The number of halogens is 1. The summed E-state index contributed by atoms with van der Waals surface area (Å²) in [6, 6.07) is 2.72. The standard InChI is InChI=1S/C18H24ClN3O3/c19-15-11-14(12-16(23)20-15)18(25)22-8-6-21(7-9-22)17(24)10-13-4-2-1-3-5-13/h11-13H,1-10H2,(H,20,23). The van der Waals surface area contributed by atoms with E-state index in [1.165, 1.54) is 31.4 Å². The summed E-state index contributed by atoms with van der Waals surface area (Å²) >= 11 is 5.81. The van der Waals surface area contributed by atoms with Crippen LogP contribution in [0.15, 0.2) is 16.9 Å². The summed E-state index contributed by atoms with van der Waals surface area (Å²) in [5, 5.41) is 0.150. The molecule has 2 aliphatic rings. The van der Waals surface area contributed by atoms with Crippen molar-refractivity contribution >= 4 is 23.4 Å². The lowest BCUT2D eigenvalue weighted by molar-refractivity contribution is -0.133. The summed E-state index contributed by atoms with van der Waals surface area (Å²) in [6.07, 6.45) is 6.72. The number of hydrogen-bond acceptors (Lipinski definition) is 3. The highest BCUT2D eigenvalue weighted by Gasteiger charge is 2.27. The lowest BCUT2D eigenvalue weighted by Crippen LogP contribution is -2.51. The van der Waals surface area contributed by atoms with Crippen molar-refractivity contribution in [2.45, 2.75) is 38.5 Å². The van der Waals surface area contributed by atoms with Crippen molar-refractivity contribution in [2.24, 2.45) is 5.92 Å². The molecule has 25 heavy (non-hydrogen) atoms. The lowest BCUT2D eigenvalue weighted by atomic mass is 9.86. The van der Waals surface area contributed by atoms with Gasteiger partial charge in [0.05, 0.1) is 0 Å². The van der Waals surface area contributed by atoms with Crippen LogP contribution in [0.5, 0.6) is 0 Å². The second kappa shape index (κ2) is 8.04. The van der Waals surface area contributed by atoms with Crippen molar-refractivity contribution < 1.29 is 9.59 Å². The molecule has 1 saturated carbocycles. The molecule has 0 unspecified atom stereocenters. The SMILES string of the molecule is O=C(CC1CCCCC1)N1CCN(C(=O)c2cc(Cl)[nH]c(=O)c2)CC1. The molecule has 0 aromatic carbocycles. The van der Waals surface area contributed by atoms with Gasteiger partial charge in [-0.1, -0.05) is 30.9 Å². The molecule has 1 aromatic heterocycles. The molecule has 0 spiro atoms. The number of nitrogens with zero attached hydrogens (tertiary/aromatic N) is 2. The molecule has 136 valence electrons. The summed E-state index contributed by atoms with van der Waals surface area (Å²) < 4.78 is 0. The zero-order valence-corrected chi connectivity index (χ0v) is 15.1. The predicted molar refractivity (Wildman–Crippen MR) is 95.7 cm³/mol. The number of rotatable bonds is 3. The van der Waals surface area contributed by atoms with Crippen LogP contribution >= 0.6 is 11.6 Å². The Balaban J connectivity index is 1.53. The largest absolute Gasteiger partial charge is 0.339 e. The Morgan fingerprint density at radius 1 is 1.04 bits per heavy atom. The van der Waals surface area contributed by atoms with Crippen LogP contribution in [-0.2, 0) is 4.79 Å². The predicted octanol–water partition coefficient (Wildman–Crippen LogP) is 2.28. The van der Waals surface area contributed by atoms with Gasteiger partial charge < -0.3 is 14.8 Å². The van der Waals surface area contributed by atoms with Crippen LogP contribution in [0.1, 0.15) is 48.9 Å². The Morgan fingerprint density at radius 3 is 2.32 bits per heavy atom. The molecule has 2 heterocycles. The molecular weight excluding hydrogens is 342 g/mol. The highest BCUT2D eigenvalue weighted by Crippen LogP contribution is 2.27. The van der Waals surface area contributed by atoms with Crippen LogP contribution in [-0.4, -0.2) is 52.8 Å². The molecule has 1 N–H and O–H groups in total. The summed E-state index contributed by atoms with van der Waals surface area (Å²) in [5.74, 6) is 0.518. The average molecular weight is 366 g/mol. The van der Waals surface area contributed by atoms with E-state index in [9.17, 15) is 14.4 Å². The zero-order chi connectivity index (χ0) is 17.8. The number of aromatic nitrogens is 1. The number of aromatic amines is 1. The van der Waals surface area contributed by atoms with Crippen LogP contribution in [0.3, 0.4) is 0 Å².